The molecule has 1 aromatic carbocycles. The molecule has 4 rings (SSSR count). The lowest BCUT2D eigenvalue weighted by molar-refractivity contribution is 0.575. The predicted octanol–water partition coefficient (Wildman–Crippen LogP) is 3.04. The number of guanidine groups is 1. The third-order valence-electron chi connectivity index (χ3n) is 3.92. The first-order valence-corrected chi connectivity index (χ1v) is 8.36. The van der Waals surface area contributed by atoms with Crippen LogP contribution in [0.25, 0.3) is 0 Å². The van der Waals surface area contributed by atoms with Crippen molar-refractivity contribution < 1.29 is 0 Å². The number of anilines is 2. The summed E-state index contributed by atoms with van der Waals surface area (Å²) >= 11 is 6.22. The highest BCUT2D eigenvalue weighted by Gasteiger charge is 2.25. The van der Waals surface area contributed by atoms with Gasteiger partial charge in [-0.1, -0.05) is 29.8 Å². The van der Waals surface area contributed by atoms with E-state index in [9.17, 15) is 4.79 Å². The Kier molecular flexibility index (Phi) is 4.14. The molecule has 1 aliphatic rings. The zero-order valence-electron chi connectivity index (χ0n) is 13.8. The number of halogens is 1. The molecule has 3 heterocycles. The number of hydrogen-bond acceptors (Lipinski definition) is 6. The number of pyridine rings is 1. The minimum atomic E-state index is -0.578. The average molecular weight is 367 g/mol. The lowest BCUT2D eigenvalue weighted by Crippen LogP contribution is -2.37. The molecule has 2 aromatic heterocycles. The first kappa shape index (κ1) is 16.3. The van der Waals surface area contributed by atoms with Crippen molar-refractivity contribution in [3.05, 3.63) is 81.5 Å². The molecule has 8 heteroatoms. The molecule has 130 valence electrons. The van der Waals surface area contributed by atoms with Gasteiger partial charge in [0.2, 0.25) is 11.9 Å². The summed E-state index contributed by atoms with van der Waals surface area (Å²) < 4.78 is 1.50. The van der Waals surface area contributed by atoms with Crippen molar-refractivity contribution in [1.82, 2.24) is 14.5 Å². The van der Waals surface area contributed by atoms with Crippen molar-refractivity contribution in [3.8, 4) is 0 Å². The van der Waals surface area contributed by atoms with Crippen LogP contribution in [0.1, 0.15) is 17.4 Å². The summed E-state index contributed by atoms with van der Waals surface area (Å²) in [6.07, 6.45) is 2.78. The number of aryl methyl sites for hydroxylation is 1. The number of hydrogen-bond donors (Lipinski definition) is 2. The average Bonchev–Trinajstić information content (AvgIpc) is 2.63. The molecule has 0 unspecified atom stereocenters. The number of para-hydroxylation sites is 1. The number of rotatable bonds is 2. The molecule has 0 bridgehead atoms. The van der Waals surface area contributed by atoms with Crippen LogP contribution in [0.5, 0.6) is 0 Å². The van der Waals surface area contributed by atoms with E-state index in [4.69, 9.17) is 11.6 Å². The second-order valence-corrected chi connectivity index (χ2v) is 6.20. The molecule has 3 aromatic rings. The molecule has 1 atom stereocenters. The minimum Gasteiger partial charge on any atom is -0.325 e. The van der Waals surface area contributed by atoms with E-state index in [1.165, 1.54) is 10.6 Å². The van der Waals surface area contributed by atoms with Gasteiger partial charge in [-0.05, 0) is 25.1 Å². The lowest BCUT2D eigenvalue weighted by Gasteiger charge is -2.27. The second kappa shape index (κ2) is 6.61. The van der Waals surface area contributed by atoms with Gasteiger partial charge in [-0.2, -0.15) is 0 Å². The molecular formula is C18H15ClN6O. The smallest absolute Gasteiger partial charge is 0.257 e. The number of benzene rings is 1. The third-order valence-corrected chi connectivity index (χ3v) is 4.25. The van der Waals surface area contributed by atoms with Crippen LogP contribution in [-0.4, -0.2) is 20.5 Å². The van der Waals surface area contributed by atoms with E-state index in [-0.39, 0.29) is 5.56 Å². The molecule has 0 radical (unpaired) electrons. The summed E-state index contributed by atoms with van der Waals surface area (Å²) in [6, 6.07) is 12.5. The molecule has 0 spiro atoms. The molecule has 0 amide bonds. The van der Waals surface area contributed by atoms with Gasteiger partial charge in [-0.15, -0.1) is 0 Å². The third kappa shape index (κ3) is 3.04. The summed E-state index contributed by atoms with van der Waals surface area (Å²) in [5.41, 5.74) is 1.92. The van der Waals surface area contributed by atoms with E-state index in [0.29, 0.717) is 28.3 Å². The van der Waals surface area contributed by atoms with Crippen LogP contribution in [-0.2, 0) is 0 Å². The summed E-state index contributed by atoms with van der Waals surface area (Å²) in [5, 5.41) is 6.79. The topological polar surface area (TPSA) is 84.2 Å². The maximum Gasteiger partial charge on any atom is 0.257 e. The standard InChI is InChI=1S/C18H15ClN6O/c1-11-9-15(26)25-16(12-5-4-8-20-10-12)23-17(24-18(25)21-11)22-14-7-3-2-6-13(14)19/h2-10,16H,1H3,(H2,21,22,23,24)/t16-/m1/s1. The van der Waals surface area contributed by atoms with Crippen molar-refractivity contribution in [1.29, 1.82) is 0 Å². The number of aromatic nitrogens is 3. The van der Waals surface area contributed by atoms with Gasteiger partial charge in [-0.3, -0.25) is 19.7 Å². The Morgan fingerprint density at radius 2 is 2.08 bits per heavy atom. The molecule has 26 heavy (non-hydrogen) atoms. The molecule has 0 saturated heterocycles. The van der Waals surface area contributed by atoms with Crippen molar-refractivity contribution in [2.75, 3.05) is 10.6 Å². The first-order valence-electron chi connectivity index (χ1n) is 7.98. The van der Waals surface area contributed by atoms with Crippen molar-refractivity contribution in [3.63, 3.8) is 0 Å². The SMILES string of the molecule is Cc1cc(=O)n2c(n1)NC(Nc1ccccc1Cl)=N[C@H]2c1cccnc1. The number of fused-ring (bicyclic) bond motifs is 1. The van der Waals surface area contributed by atoms with Crippen LogP contribution < -0.4 is 16.2 Å². The van der Waals surface area contributed by atoms with Crippen molar-refractivity contribution in [2.45, 2.75) is 13.1 Å². The highest BCUT2D eigenvalue weighted by Crippen LogP contribution is 2.26. The van der Waals surface area contributed by atoms with Crippen LogP contribution in [0.15, 0.2) is 64.6 Å². The van der Waals surface area contributed by atoms with E-state index in [0.717, 1.165) is 5.56 Å². The number of nitrogens with one attached hydrogen (secondary N) is 2. The number of aliphatic imine (C=N–C) groups is 1. The van der Waals surface area contributed by atoms with E-state index in [2.05, 4.69) is 25.6 Å². The largest absolute Gasteiger partial charge is 0.325 e. The quantitative estimate of drug-likeness (QED) is 0.728. The van der Waals surface area contributed by atoms with E-state index in [1.54, 1.807) is 31.5 Å². The zero-order valence-corrected chi connectivity index (χ0v) is 14.6. The van der Waals surface area contributed by atoms with Gasteiger partial charge in [0.15, 0.2) is 6.17 Å². The normalized spacial score (nSPS) is 15.6. The molecule has 1 aliphatic heterocycles. The Balaban J connectivity index is 1.81. The van der Waals surface area contributed by atoms with Crippen LogP contribution in [0.3, 0.4) is 0 Å². The Morgan fingerprint density at radius 1 is 1.23 bits per heavy atom. The highest BCUT2D eigenvalue weighted by molar-refractivity contribution is 6.33. The zero-order chi connectivity index (χ0) is 18.1. The first-order chi connectivity index (χ1) is 12.6. The molecular weight excluding hydrogens is 352 g/mol. The van der Waals surface area contributed by atoms with Gasteiger partial charge in [0.25, 0.3) is 5.56 Å². The fourth-order valence-electron chi connectivity index (χ4n) is 2.75. The fourth-order valence-corrected chi connectivity index (χ4v) is 2.94. The molecule has 0 fully saturated rings. The molecule has 0 saturated carbocycles. The fraction of sp³-hybridized carbons (Fsp3) is 0.111. The highest BCUT2D eigenvalue weighted by atomic mass is 35.5. The van der Waals surface area contributed by atoms with E-state index < -0.39 is 6.17 Å². The maximum absolute atomic E-state index is 12.5. The lowest BCUT2D eigenvalue weighted by atomic mass is 10.2. The monoisotopic (exact) mass is 366 g/mol. The van der Waals surface area contributed by atoms with Gasteiger partial charge in [-0.25, -0.2) is 9.98 Å². The number of nitrogens with zero attached hydrogens (tertiary/aromatic N) is 4. The van der Waals surface area contributed by atoms with Crippen LogP contribution in [0.4, 0.5) is 11.6 Å². The van der Waals surface area contributed by atoms with Crippen molar-refractivity contribution >= 4 is 29.2 Å². The molecule has 7 nitrogen and oxygen atoms in total. The van der Waals surface area contributed by atoms with Crippen LogP contribution in [0, 0.1) is 6.92 Å². The minimum absolute atomic E-state index is 0.186. The van der Waals surface area contributed by atoms with Crippen LogP contribution in [0.2, 0.25) is 5.02 Å². The summed E-state index contributed by atoms with van der Waals surface area (Å²) in [7, 11) is 0. The van der Waals surface area contributed by atoms with Gasteiger partial charge in [0.05, 0.1) is 10.7 Å². The van der Waals surface area contributed by atoms with E-state index >= 15 is 0 Å². The Bertz CT molecular complexity index is 1050. The summed E-state index contributed by atoms with van der Waals surface area (Å²) in [5.74, 6) is 0.859. The predicted molar refractivity (Wildman–Crippen MR) is 102 cm³/mol. The Hall–Kier alpha value is -3.19. The Labute approximate surface area is 154 Å². The van der Waals surface area contributed by atoms with Gasteiger partial charge in [0.1, 0.15) is 0 Å². The van der Waals surface area contributed by atoms with Crippen LogP contribution >= 0.6 is 11.6 Å². The van der Waals surface area contributed by atoms with Gasteiger partial charge >= 0.3 is 0 Å². The maximum atomic E-state index is 12.5. The van der Waals surface area contributed by atoms with Gasteiger partial charge < -0.3 is 5.32 Å². The Morgan fingerprint density at radius 3 is 2.85 bits per heavy atom. The second-order valence-electron chi connectivity index (χ2n) is 5.80. The summed E-state index contributed by atoms with van der Waals surface area (Å²) in [6.45, 7) is 1.77. The molecule has 0 aliphatic carbocycles. The van der Waals surface area contributed by atoms with Gasteiger partial charge in [0, 0.05) is 29.7 Å². The van der Waals surface area contributed by atoms with Crippen molar-refractivity contribution in [2.24, 2.45) is 4.99 Å². The summed E-state index contributed by atoms with van der Waals surface area (Å²) in [4.78, 5) is 25.8. The van der Waals surface area contributed by atoms with E-state index in [1.807, 2.05) is 24.3 Å². The molecule has 2 N–H and O–H groups in total.